The summed E-state index contributed by atoms with van der Waals surface area (Å²) in [6, 6.07) is 5.72. The van der Waals surface area contributed by atoms with Gasteiger partial charge in [0.15, 0.2) is 5.78 Å². The second-order valence-electron chi connectivity index (χ2n) is 6.14. The zero-order valence-corrected chi connectivity index (χ0v) is 13.7. The Morgan fingerprint density at radius 2 is 2.04 bits per heavy atom. The second-order valence-corrected chi connectivity index (χ2v) is 6.14. The number of hydrogen-bond donors (Lipinski definition) is 3. The molecule has 126 valence electrons. The molecular formula is C17H20N4O3. The van der Waals surface area contributed by atoms with Crippen LogP contribution in [-0.4, -0.2) is 21.9 Å². The quantitative estimate of drug-likeness (QED) is 0.718. The number of carbonyl (C=O) groups is 1. The summed E-state index contributed by atoms with van der Waals surface area (Å²) in [6.07, 6.45) is 1.65. The van der Waals surface area contributed by atoms with Gasteiger partial charge in [0, 0.05) is 11.7 Å². The van der Waals surface area contributed by atoms with Crippen LogP contribution >= 0.6 is 0 Å². The fourth-order valence-corrected chi connectivity index (χ4v) is 2.74. The van der Waals surface area contributed by atoms with Crippen LogP contribution in [0.5, 0.6) is 0 Å². The molecule has 1 aromatic carbocycles. The van der Waals surface area contributed by atoms with Crippen molar-refractivity contribution < 1.29 is 4.79 Å². The van der Waals surface area contributed by atoms with Gasteiger partial charge in [0.1, 0.15) is 11.4 Å². The number of aromatic amines is 1. The van der Waals surface area contributed by atoms with Crippen LogP contribution in [0.1, 0.15) is 40.4 Å². The number of nitrogens with one attached hydrogen (secondary N) is 2. The SMILES string of the molecule is Cc1cccc(NCC(=O)c2c(N)n(C3CC3)c(=O)[nH]c2=O)c1C. The molecule has 0 saturated heterocycles. The Labute approximate surface area is 138 Å². The highest BCUT2D eigenvalue weighted by molar-refractivity contribution is 6.02. The van der Waals surface area contributed by atoms with E-state index in [0.29, 0.717) is 0 Å². The predicted octanol–water partition coefficient (Wildman–Crippen LogP) is 1.37. The molecule has 0 aliphatic heterocycles. The first-order valence-corrected chi connectivity index (χ1v) is 7.87. The largest absolute Gasteiger partial charge is 0.384 e. The molecule has 0 radical (unpaired) electrons. The first kappa shape index (κ1) is 16.0. The number of carbonyl (C=O) groups excluding carboxylic acids is 1. The fraction of sp³-hybridized carbons (Fsp3) is 0.353. The van der Waals surface area contributed by atoms with Crippen molar-refractivity contribution in [3.63, 3.8) is 0 Å². The predicted molar refractivity (Wildman–Crippen MR) is 92.7 cm³/mol. The normalized spacial score (nSPS) is 13.8. The minimum absolute atomic E-state index is 0.0205. The van der Waals surface area contributed by atoms with Gasteiger partial charge in [-0.3, -0.25) is 19.1 Å². The summed E-state index contributed by atoms with van der Waals surface area (Å²) >= 11 is 0. The number of aromatic nitrogens is 2. The van der Waals surface area contributed by atoms with E-state index in [2.05, 4.69) is 10.3 Å². The number of anilines is 2. The van der Waals surface area contributed by atoms with Crippen molar-refractivity contribution >= 4 is 17.3 Å². The van der Waals surface area contributed by atoms with Crippen LogP contribution in [0.15, 0.2) is 27.8 Å². The molecule has 0 unspecified atom stereocenters. The van der Waals surface area contributed by atoms with Gasteiger partial charge in [0.25, 0.3) is 5.56 Å². The van der Waals surface area contributed by atoms with E-state index in [1.54, 1.807) is 0 Å². The maximum absolute atomic E-state index is 12.5. The number of benzene rings is 1. The molecule has 0 amide bonds. The maximum atomic E-state index is 12.5. The van der Waals surface area contributed by atoms with E-state index < -0.39 is 17.0 Å². The number of nitrogens with two attached hydrogens (primary N) is 1. The third-order valence-corrected chi connectivity index (χ3v) is 4.42. The summed E-state index contributed by atoms with van der Waals surface area (Å²) < 4.78 is 1.31. The number of nitrogens with zero attached hydrogens (tertiary/aromatic N) is 1. The van der Waals surface area contributed by atoms with Crippen molar-refractivity contribution in [1.82, 2.24) is 9.55 Å². The van der Waals surface area contributed by atoms with Crippen LogP contribution in [0, 0.1) is 13.8 Å². The van der Waals surface area contributed by atoms with Crippen LogP contribution in [0.3, 0.4) is 0 Å². The van der Waals surface area contributed by atoms with Crippen LogP contribution in [0.2, 0.25) is 0 Å². The van der Waals surface area contributed by atoms with E-state index in [-0.39, 0.29) is 24.0 Å². The van der Waals surface area contributed by atoms with Gasteiger partial charge in [-0.15, -0.1) is 0 Å². The smallest absolute Gasteiger partial charge is 0.330 e. The van der Waals surface area contributed by atoms with Crippen molar-refractivity contribution in [3.8, 4) is 0 Å². The molecule has 1 aliphatic carbocycles. The Hall–Kier alpha value is -2.83. The summed E-state index contributed by atoms with van der Waals surface area (Å²) in [7, 11) is 0. The van der Waals surface area contributed by atoms with Gasteiger partial charge in [0.05, 0.1) is 6.54 Å². The number of rotatable bonds is 5. The number of ketones is 1. The Morgan fingerprint density at radius 1 is 1.33 bits per heavy atom. The lowest BCUT2D eigenvalue weighted by Gasteiger charge is -2.13. The molecule has 3 rings (SSSR count). The molecule has 1 fully saturated rings. The highest BCUT2D eigenvalue weighted by Gasteiger charge is 2.29. The van der Waals surface area contributed by atoms with E-state index in [4.69, 9.17) is 5.73 Å². The zero-order chi connectivity index (χ0) is 17.4. The van der Waals surface area contributed by atoms with Crippen molar-refractivity contribution in [3.05, 3.63) is 55.7 Å². The molecule has 2 aromatic rings. The number of hydrogen-bond acceptors (Lipinski definition) is 5. The molecule has 0 spiro atoms. The highest BCUT2D eigenvalue weighted by atomic mass is 16.2. The van der Waals surface area contributed by atoms with Crippen LogP contribution in [0.25, 0.3) is 0 Å². The Kier molecular flexibility index (Phi) is 4.01. The standard InChI is InChI=1S/C17H20N4O3/c1-9-4-3-5-12(10(9)2)19-8-13(22)14-15(18)21(11-6-7-11)17(24)20-16(14)23/h3-5,11,19H,6-8,18H2,1-2H3,(H,20,23,24). The van der Waals surface area contributed by atoms with Gasteiger partial charge in [-0.2, -0.15) is 0 Å². The molecule has 1 heterocycles. The third-order valence-electron chi connectivity index (χ3n) is 4.42. The van der Waals surface area contributed by atoms with Gasteiger partial charge in [-0.1, -0.05) is 12.1 Å². The molecule has 7 heteroatoms. The first-order chi connectivity index (χ1) is 11.4. The lowest BCUT2D eigenvalue weighted by molar-refractivity contribution is 0.100. The number of aryl methyl sites for hydroxylation is 1. The molecule has 0 bridgehead atoms. The monoisotopic (exact) mass is 328 g/mol. The Balaban J connectivity index is 1.88. The minimum atomic E-state index is -0.734. The van der Waals surface area contributed by atoms with E-state index >= 15 is 0 Å². The Morgan fingerprint density at radius 3 is 2.71 bits per heavy atom. The van der Waals surface area contributed by atoms with Gasteiger partial charge in [-0.05, 0) is 43.9 Å². The first-order valence-electron chi connectivity index (χ1n) is 7.87. The highest BCUT2D eigenvalue weighted by Crippen LogP contribution is 2.35. The molecule has 1 aromatic heterocycles. The summed E-state index contributed by atoms with van der Waals surface area (Å²) in [6.45, 7) is 3.87. The Bertz CT molecular complexity index is 922. The minimum Gasteiger partial charge on any atom is -0.384 e. The van der Waals surface area contributed by atoms with E-state index in [1.807, 2.05) is 32.0 Å². The summed E-state index contributed by atoms with van der Waals surface area (Å²) in [5.74, 6) is -0.483. The van der Waals surface area contributed by atoms with Crippen molar-refractivity contribution in [2.75, 3.05) is 17.6 Å². The lowest BCUT2D eigenvalue weighted by atomic mass is 10.1. The van der Waals surface area contributed by atoms with E-state index in [1.165, 1.54) is 4.57 Å². The van der Waals surface area contributed by atoms with Crippen molar-refractivity contribution in [1.29, 1.82) is 0 Å². The van der Waals surface area contributed by atoms with Crippen LogP contribution in [-0.2, 0) is 0 Å². The summed E-state index contributed by atoms with van der Waals surface area (Å²) in [5.41, 5.74) is 7.47. The number of Topliss-reactive ketones (excluding diaryl/α,β-unsaturated/α-hetero) is 1. The summed E-state index contributed by atoms with van der Waals surface area (Å²) in [5, 5.41) is 3.04. The second kappa shape index (κ2) is 5.99. The lowest BCUT2D eigenvalue weighted by Crippen LogP contribution is -2.37. The molecular weight excluding hydrogens is 308 g/mol. The van der Waals surface area contributed by atoms with Crippen LogP contribution in [0.4, 0.5) is 11.5 Å². The molecule has 7 nitrogen and oxygen atoms in total. The molecule has 1 saturated carbocycles. The van der Waals surface area contributed by atoms with Gasteiger partial charge >= 0.3 is 5.69 Å². The summed E-state index contributed by atoms with van der Waals surface area (Å²) in [4.78, 5) is 38.6. The molecule has 0 atom stereocenters. The van der Waals surface area contributed by atoms with Crippen LogP contribution < -0.4 is 22.3 Å². The van der Waals surface area contributed by atoms with Gasteiger partial charge < -0.3 is 11.1 Å². The molecule has 4 N–H and O–H groups in total. The van der Waals surface area contributed by atoms with Crippen molar-refractivity contribution in [2.45, 2.75) is 32.7 Å². The van der Waals surface area contributed by atoms with Gasteiger partial charge in [-0.25, -0.2) is 4.79 Å². The number of nitrogen functional groups attached to an aromatic ring is 1. The van der Waals surface area contributed by atoms with Crippen molar-refractivity contribution in [2.24, 2.45) is 0 Å². The topological polar surface area (TPSA) is 110 Å². The maximum Gasteiger partial charge on any atom is 0.330 e. The van der Waals surface area contributed by atoms with E-state index in [0.717, 1.165) is 29.7 Å². The fourth-order valence-electron chi connectivity index (χ4n) is 2.74. The number of H-pyrrole nitrogens is 1. The van der Waals surface area contributed by atoms with E-state index in [9.17, 15) is 14.4 Å². The third kappa shape index (κ3) is 2.84. The molecule has 24 heavy (non-hydrogen) atoms. The van der Waals surface area contributed by atoms with Gasteiger partial charge in [0.2, 0.25) is 0 Å². The average molecular weight is 328 g/mol. The zero-order valence-electron chi connectivity index (χ0n) is 13.7. The molecule has 1 aliphatic rings. The average Bonchev–Trinajstić information content (AvgIpc) is 3.33.